The van der Waals surface area contributed by atoms with E-state index < -0.39 is 0 Å². The van der Waals surface area contributed by atoms with Crippen LogP contribution in [0.1, 0.15) is 54.6 Å². The Morgan fingerprint density at radius 2 is 1.77 bits per heavy atom. The Hall–Kier alpha value is -2.33. The summed E-state index contributed by atoms with van der Waals surface area (Å²) in [5, 5.41) is 3.10. The van der Waals surface area contributed by atoms with E-state index in [1.807, 2.05) is 12.1 Å². The summed E-state index contributed by atoms with van der Waals surface area (Å²) in [6.07, 6.45) is 4.72. The molecular weight excluding hydrogens is 382 g/mol. The second-order valence-corrected chi connectivity index (χ2v) is 9.67. The number of para-hydroxylation sites is 1. The monoisotopic (exact) mass is 419 g/mol. The van der Waals surface area contributed by atoms with E-state index in [0.717, 1.165) is 50.0 Å². The molecule has 2 aromatic carbocycles. The van der Waals surface area contributed by atoms with E-state index in [0.29, 0.717) is 0 Å². The molecule has 4 rings (SSSR count). The Morgan fingerprint density at radius 3 is 2.55 bits per heavy atom. The molecule has 0 aromatic heterocycles. The minimum Gasteiger partial charge on any atom is -0.367 e. The average molecular weight is 420 g/mol. The van der Waals surface area contributed by atoms with Crippen molar-refractivity contribution in [3.8, 4) is 0 Å². The lowest BCUT2D eigenvalue weighted by atomic mass is 9.92. The van der Waals surface area contributed by atoms with Gasteiger partial charge in [0.1, 0.15) is 0 Å². The van der Waals surface area contributed by atoms with Gasteiger partial charge >= 0.3 is 0 Å². The quantitative estimate of drug-likeness (QED) is 0.659. The minimum absolute atomic E-state index is 0.0373. The lowest BCUT2D eigenvalue weighted by Gasteiger charge is -2.34. The molecule has 2 atom stereocenters. The van der Waals surface area contributed by atoms with E-state index in [4.69, 9.17) is 0 Å². The molecule has 4 nitrogen and oxygen atoms in total. The van der Waals surface area contributed by atoms with Crippen LogP contribution in [0.2, 0.25) is 0 Å². The van der Waals surface area contributed by atoms with Gasteiger partial charge in [-0.25, -0.2) is 0 Å². The third-order valence-electron chi connectivity index (χ3n) is 6.68. The molecule has 166 valence electrons. The molecule has 2 heterocycles. The number of fused-ring (bicyclic) bond motifs is 1. The molecule has 2 aliphatic rings. The van der Waals surface area contributed by atoms with Gasteiger partial charge in [-0.1, -0.05) is 44.2 Å². The highest BCUT2D eigenvalue weighted by molar-refractivity contribution is 5.94. The van der Waals surface area contributed by atoms with Crippen molar-refractivity contribution in [1.29, 1.82) is 0 Å². The summed E-state index contributed by atoms with van der Waals surface area (Å²) >= 11 is 0. The van der Waals surface area contributed by atoms with Crippen molar-refractivity contribution >= 4 is 11.6 Å². The maximum atomic E-state index is 12.5. The average Bonchev–Trinajstić information content (AvgIpc) is 2.77. The first-order valence-electron chi connectivity index (χ1n) is 12.0. The van der Waals surface area contributed by atoms with Crippen LogP contribution in [0, 0.1) is 11.8 Å². The summed E-state index contributed by atoms with van der Waals surface area (Å²) in [6, 6.07) is 16.8. The van der Waals surface area contributed by atoms with E-state index in [2.05, 4.69) is 65.4 Å². The van der Waals surface area contributed by atoms with Crippen LogP contribution in [0.3, 0.4) is 0 Å². The summed E-state index contributed by atoms with van der Waals surface area (Å²) in [5.41, 5.74) is 4.80. The number of nitrogens with one attached hydrogen (secondary N) is 1. The van der Waals surface area contributed by atoms with E-state index in [1.165, 1.54) is 49.2 Å². The number of rotatable bonds is 7. The summed E-state index contributed by atoms with van der Waals surface area (Å²) in [4.78, 5) is 17.5. The van der Waals surface area contributed by atoms with Gasteiger partial charge in [0.25, 0.3) is 5.91 Å². The Bertz CT molecular complexity index is 853. The second kappa shape index (κ2) is 10.3. The van der Waals surface area contributed by atoms with Crippen LogP contribution in [0.4, 0.5) is 5.69 Å². The van der Waals surface area contributed by atoms with Crippen molar-refractivity contribution < 1.29 is 4.79 Å². The predicted octanol–water partition coefficient (Wildman–Crippen LogP) is 4.74. The normalized spacial score (nSPS) is 21.5. The number of benzene rings is 2. The fraction of sp³-hybridized carbons (Fsp3) is 0.519. The van der Waals surface area contributed by atoms with Gasteiger partial charge in [0.2, 0.25) is 0 Å². The maximum absolute atomic E-state index is 12.5. The van der Waals surface area contributed by atoms with Crippen LogP contribution in [-0.2, 0) is 13.0 Å². The van der Waals surface area contributed by atoms with Crippen molar-refractivity contribution in [1.82, 2.24) is 10.2 Å². The van der Waals surface area contributed by atoms with Gasteiger partial charge in [0.15, 0.2) is 0 Å². The fourth-order valence-corrected chi connectivity index (χ4v) is 5.34. The number of amides is 1. The molecular formula is C27H37N3O. The molecule has 2 aliphatic heterocycles. The van der Waals surface area contributed by atoms with E-state index in [-0.39, 0.29) is 5.91 Å². The minimum atomic E-state index is 0.0373. The van der Waals surface area contributed by atoms with Crippen LogP contribution in [-0.4, -0.2) is 43.5 Å². The zero-order chi connectivity index (χ0) is 21.6. The standard InChI is InChI=1S/C27H37N3O/c1-21-17-22(2)19-29(18-21)15-6-14-28-27(31)25-12-10-23(11-13-25)20-30-16-5-8-24-7-3-4-9-26(24)30/h3-4,7,9-13,21-22H,5-6,8,14-20H2,1-2H3,(H,28,31)/t21-,22-/m0/s1. The van der Waals surface area contributed by atoms with Gasteiger partial charge < -0.3 is 15.1 Å². The van der Waals surface area contributed by atoms with E-state index >= 15 is 0 Å². The summed E-state index contributed by atoms with van der Waals surface area (Å²) in [7, 11) is 0. The first kappa shape index (κ1) is 21.9. The van der Waals surface area contributed by atoms with Gasteiger partial charge in [-0.2, -0.15) is 0 Å². The van der Waals surface area contributed by atoms with Crippen LogP contribution in [0.5, 0.6) is 0 Å². The highest BCUT2D eigenvalue weighted by atomic mass is 16.1. The Balaban J connectivity index is 1.23. The second-order valence-electron chi connectivity index (χ2n) is 9.67. The number of hydrogen-bond acceptors (Lipinski definition) is 3. The number of anilines is 1. The molecule has 0 unspecified atom stereocenters. The van der Waals surface area contributed by atoms with Crippen LogP contribution in [0.15, 0.2) is 48.5 Å². The van der Waals surface area contributed by atoms with Crippen molar-refractivity contribution in [2.45, 2.75) is 46.1 Å². The smallest absolute Gasteiger partial charge is 0.251 e. The van der Waals surface area contributed by atoms with Crippen LogP contribution < -0.4 is 10.2 Å². The number of likely N-dealkylation sites (tertiary alicyclic amines) is 1. The van der Waals surface area contributed by atoms with E-state index in [9.17, 15) is 4.79 Å². The SMILES string of the molecule is C[C@H]1C[C@H](C)CN(CCCNC(=O)c2ccc(CN3CCCc4ccccc43)cc2)C1. The first-order valence-corrected chi connectivity index (χ1v) is 12.0. The highest BCUT2D eigenvalue weighted by Gasteiger charge is 2.21. The number of carbonyl (C=O) groups excluding carboxylic acids is 1. The third-order valence-corrected chi connectivity index (χ3v) is 6.68. The topological polar surface area (TPSA) is 35.6 Å². The van der Waals surface area contributed by atoms with Crippen molar-refractivity contribution in [3.63, 3.8) is 0 Å². The molecule has 2 aromatic rings. The van der Waals surface area contributed by atoms with Gasteiger partial charge in [-0.3, -0.25) is 4.79 Å². The van der Waals surface area contributed by atoms with Crippen LogP contribution in [0.25, 0.3) is 0 Å². The molecule has 4 heteroatoms. The molecule has 1 fully saturated rings. The van der Waals surface area contributed by atoms with Crippen molar-refractivity contribution in [2.24, 2.45) is 11.8 Å². The van der Waals surface area contributed by atoms with Gasteiger partial charge in [-0.05, 0) is 73.4 Å². The molecule has 0 radical (unpaired) electrons. The molecule has 0 bridgehead atoms. The van der Waals surface area contributed by atoms with Gasteiger partial charge in [-0.15, -0.1) is 0 Å². The fourth-order valence-electron chi connectivity index (χ4n) is 5.34. The number of carbonyl (C=O) groups is 1. The molecule has 1 amide bonds. The Kier molecular flexibility index (Phi) is 7.29. The lowest BCUT2D eigenvalue weighted by molar-refractivity contribution is 0.0947. The van der Waals surface area contributed by atoms with Crippen molar-refractivity contribution in [2.75, 3.05) is 37.6 Å². The molecule has 1 saturated heterocycles. The largest absolute Gasteiger partial charge is 0.367 e. The summed E-state index contributed by atoms with van der Waals surface area (Å²) in [6.45, 7) is 10.9. The molecule has 31 heavy (non-hydrogen) atoms. The molecule has 0 saturated carbocycles. The number of aryl methyl sites for hydroxylation is 1. The highest BCUT2D eigenvalue weighted by Crippen LogP contribution is 2.28. The first-order chi connectivity index (χ1) is 15.1. The molecule has 0 aliphatic carbocycles. The molecule has 0 spiro atoms. The summed E-state index contributed by atoms with van der Waals surface area (Å²) < 4.78 is 0. The third kappa shape index (κ3) is 5.88. The number of nitrogens with zero attached hydrogens (tertiary/aromatic N) is 2. The zero-order valence-electron chi connectivity index (χ0n) is 19.1. The van der Waals surface area contributed by atoms with Crippen LogP contribution >= 0.6 is 0 Å². The molecule has 1 N–H and O–H groups in total. The van der Waals surface area contributed by atoms with Gasteiger partial charge in [0.05, 0.1) is 0 Å². The predicted molar refractivity (Wildman–Crippen MR) is 129 cm³/mol. The zero-order valence-corrected chi connectivity index (χ0v) is 19.1. The lowest BCUT2D eigenvalue weighted by Crippen LogP contribution is -2.40. The number of piperidine rings is 1. The summed E-state index contributed by atoms with van der Waals surface area (Å²) in [5.74, 6) is 1.61. The Morgan fingerprint density at radius 1 is 1.03 bits per heavy atom. The van der Waals surface area contributed by atoms with Crippen molar-refractivity contribution in [3.05, 3.63) is 65.2 Å². The van der Waals surface area contributed by atoms with E-state index in [1.54, 1.807) is 0 Å². The van der Waals surface area contributed by atoms with Gasteiger partial charge in [0, 0.05) is 44.0 Å². The number of hydrogen-bond donors (Lipinski definition) is 1. The maximum Gasteiger partial charge on any atom is 0.251 e. The Labute approximate surface area is 187 Å².